The second kappa shape index (κ2) is 7.13. The van der Waals surface area contributed by atoms with E-state index < -0.39 is 5.60 Å². The van der Waals surface area contributed by atoms with Crippen LogP contribution in [0.2, 0.25) is 0 Å². The Morgan fingerprint density at radius 2 is 2.07 bits per heavy atom. The van der Waals surface area contributed by atoms with Gasteiger partial charge in [0.1, 0.15) is 19.3 Å². The van der Waals surface area contributed by atoms with Crippen LogP contribution in [-0.4, -0.2) is 41.0 Å². The van der Waals surface area contributed by atoms with E-state index in [2.05, 4.69) is 22.5 Å². The molecule has 0 unspecified atom stereocenters. The Labute approximate surface area is 184 Å². The average molecular weight is 435 g/mol. The van der Waals surface area contributed by atoms with Gasteiger partial charge in [-0.25, -0.2) is 9.78 Å². The number of carbonyl (C=O) groups is 1. The number of thiophene rings is 2. The summed E-state index contributed by atoms with van der Waals surface area (Å²) in [4.78, 5) is 22.7. The van der Waals surface area contributed by atoms with Gasteiger partial charge >= 0.3 is 6.09 Å². The fourth-order valence-corrected chi connectivity index (χ4v) is 6.21. The van der Waals surface area contributed by atoms with E-state index in [-0.39, 0.29) is 12.1 Å². The van der Waals surface area contributed by atoms with Crippen LogP contribution in [0.15, 0.2) is 29.0 Å². The lowest BCUT2D eigenvalue weighted by Crippen LogP contribution is -2.36. The molecule has 0 spiro atoms. The van der Waals surface area contributed by atoms with Crippen molar-refractivity contribution < 1.29 is 9.53 Å². The van der Waals surface area contributed by atoms with Gasteiger partial charge in [0.25, 0.3) is 0 Å². The first-order valence-corrected chi connectivity index (χ1v) is 11.8. The van der Waals surface area contributed by atoms with E-state index in [1.807, 2.05) is 32.2 Å². The number of likely N-dealkylation sites (tertiary alicyclic amines) is 1. The maximum absolute atomic E-state index is 12.7. The predicted molar refractivity (Wildman–Crippen MR) is 125 cm³/mol. The number of H-pyrrole nitrogens is 1. The first-order valence-electron chi connectivity index (χ1n) is 10.0. The van der Waals surface area contributed by atoms with Crippen LogP contribution in [0.5, 0.6) is 0 Å². The van der Waals surface area contributed by atoms with E-state index in [1.165, 1.54) is 10.3 Å². The molecule has 0 saturated carbocycles. The molecule has 1 aliphatic rings. The van der Waals surface area contributed by atoms with Crippen molar-refractivity contribution in [3.63, 3.8) is 0 Å². The molecule has 1 aliphatic heterocycles. The molecule has 0 bridgehead atoms. The van der Waals surface area contributed by atoms with Crippen LogP contribution in [0.4, 0.5) is 4.79 Å². The SMILES string of the molecule is [B]c1csc2c(-c3ccc4nc([C@@H]5CCCN5C(=O)OC(C)(C)C)[nH]c4c3)csc12. The first-order chi connectivity index (χ1) is 14.3. The van der Waals surface area contributed by atoms with Crippen LogP contribution in [0.25, 0.3) is 31.6 Å². The van der Waals surface area contributed by atoms with Gasteiger partial charge in [0.15, 0.2) is 0 Å². The lowest BCUT2D eigenvalue weighted by atomic mass is 9.99. The van der Waals surface area contributed by atoms with Crippen LogP contribution < -0.4 is 5.46 Å². The summed E-state index contributed by atoms with van der Waals surface area (Å²) in [5, 5.41) is 4.17. The zero-order chi connectivity index (χ0) is 21.0. The van der Waals surface area contributed by atoms with E-state index in [4.69, 9.17) is 17.6 Å². The standard InChI is InChI=1S/C22H22BN3O2S2/c1-22(2,3)28-21(27)26-8-4-5-17(26)20-24-15-7-6-12(9-16(15)25-20)13-10-29-19-14(23)11-30-18(13)19/h6-7,9-11,17H,4-5,8H2,1-3H3,(H,24,25)/t17-/m0/s1. The van der Waals surface area contributed by atoms with Crippen molar-refractivity contribution in [2.75, 3.05) is 6.54 Å². The molecule has 1 aromatic carbocycles. The smallest absolute Gasteiger partial charge is 0.410 e. The highest BCUT2D eigenvalue weighted by Gasteiger charge is 2.35. The minimum Gasteiger partial charge on any atom is -0.444 e. The van der Waals surface area contributed by atoms with E-state index >= 15 is 0 Å². The highest BCUT2D eigenvalue weighted by atomic mass is 32.1. The predicted octanol–water partition coefficient (Wildman–Crippen LogP) is 5.37. The molecule has 1 atom stereocenters. The molecule has 0 aliphatic carbocycles. The zero-order valence-corrected chi connectivity index (χ0v) is 18.8. The maximum atomic E-state index is 12.7. The number of hydrogen-bond acceptors (Lipinski definition) is 5. The van der Waals surface area contributed by atoms with Crippen LogP contribution in [0.1, 0.15) is 45.5 Å². The van der Waals surface area contributed by atoms with E-state index in [0.29, 0.717) is 6.54 Å². The number of nitrogens with one attached hydrogen (secondary N) is 1. The molecule has 1 fully saturated rings. The van der Waals surface area contributed by atoms with Crippen molar-refractivity contribution in [1.82, 2.24) is 14.9 Å². The van der Waals surface area contributed by atoms with Crippen molar-refractivity contribution in [2.24, 2.45) is 0 Å². The second-order valence-electron chi connectivity index (χ2n) is 8.68. The summed E-state index contributed by atoms with van der Waals surface area (Å²) in [5.74, 6) is 0.821. The average Bonchev–Trinajstić information content (AvgIpc) is 3.44. The molecular formula is C22H22BN3O2S2. The van der Waals surface area contributed by atoms with Crippen LogP contribution in [-0.2, 0) is 4.74 Å². The lowest BCUT2D eigenvalue weighted by molar-refractivity contribution is 0.0219. The number of aromatic amines is 1. The second-order valence-corrected chi connectivity index (χ2v) is 10.4. The molecule has 4 heterocycles. The number of carbonyl (C=O) groups excluding carboxylic acids is 1. The van der Waals surface area contributed by atoms with Crippen LogP contribution in [0, 0.1) is 0 Å². The minimum absolute atomic E-state index is 0.0827. The molecule has 1 amide bonds. The normalized spacial score (nSPS) is 17.3. The van der Waals surface area contributed by atoms with Crippen molar-refractivity contribution in [2.45, 2.75) is 45.3 Å². The van der Waals surface area contributed by atoms with Crippen LogP contribution >= 0.6 is 22.7 Å². The molecule has 152 valence electrons. The van der Waals surface area contributed by atoms with Gasteiger partial charge in [0.05, 0.1) is 21.8 Å². The van der Waals surface area contributed by atoms with Crippen molar-refractivity contribution in [3.05, 3.63) is 34.8 Å². The third kappa shape index (κ3) is 3.42. The Morgan fingerprint density at radius 3 is 2.87 bits per heavy atom. The number of amides is 1. The van der Waals surface area contributed by atoms with Crippen molar-refractivity contribution in [1.29, 1.82) is 0 Å². The highest BCUT2D eigenvalue weighted by molar-refractivity contribution is 7.28. The topological polar surface area (TPSA) is 58.2 Å². The Hall–Kier alpha value is -2.32. The number of fused-ring (bicyclic) bond motifs is 2. The van der Waals surface area contributed by atoms with Gasteiger partial charge < -0.3 is 9.72 Å². The van der Waals surface area contributed by atoms with Crippen LogP contribution in [0.3, 0.4) is 0 Å². The van der Waals surface area contributed by atoms with Crippen molar-refractivity contribution in [3.8, 4) is 11.1 Å². The van der Waals surface area contributed by atoms with Gasteiger partial charge in [-0.05, 0) is 56.7 Å². The lowest BCUT2D eigenvalue weighted by Gasteiger charge is -2.27. The summed E-state index contributed by atoms with van der Waals surface area (Å²) in [5.41, 5.74) is 4.56. The largest absolute Gasteiger partial charge is 0.444 e. The minimum atomic E-state index is -0.510. The van der Waals surface area contributed by atoms with Gasteiger partial charge in [0.2, 0.25) is 0 Å². The summed E-state index contributed by atoms with van der Waals surface area (Å²) < 4.78 is 7.97. The van der Waals surface area contributed by atoms with Gasteiger partial charge in [-0.3, -0.25) is 4.90 Å². The summed E-state index contributed by atoms with van der Waals surface area (Å²) in [6.07, 6.45) is 1.55. The number of nitrogens with zero attached hydrogens (tertiary/aromatic N) is 2. The fraction of sp³-hybridized carbons (Fsp3) is 0.364. The molecule has 4 aromatic rings. The molecule has 2 radical (unpaired) electrons. The van der Waals surface area contributed by atoms with E-state index in [1.54, 1.807) is 27.6 Å². The Balaban J connectivity index is 1.47. The summed E-state index contributed by atoms with van der Waals surface area (Å²) in [7, 11) is 6.07. The Kier molecular flexibility index (Phi) is 4.67. The number of aromatic nitrogens is 2. The number of imidazole rings is 1. The third-order valence-corrected chi connectivity index (χ3v) is 7.51. The van der Waals surface area contributed by atoms with E-state index in [0.717, 1.165) is 45.4 Å². The van der Waals surface area contributed by atoms with Gasteiger partial charge in [-0.15, -0.1) is 22.7 Å². The number of ether oxygens (including phenoxy) is 1. The van der Waals surface area contributed by atoms with E-state index in [9.17, 15) is 4.79 Å². The quantitative estimate of drug-likeness (QED) is 0.431. The van der Waals surface area contributed by atoms with Gasteiger partial charge in [-0.1, -0.05) is 11.5 Å². The molecule has 1 N–H and O–H groups in total. The molecular weight excluding hydrogens is 413 g/mol. The Morgan fingerprint density at radius 1 is 1.27 bits per heavy atom. The zero-order valence-electron chi connectivity index (χ0n) is 17.2. The van der Waals surface area contributed by atoms with Gasteiger partial charge in [-0.2, -0.15) is 0 Å². The molecule has 3 aromatic heterocycles. The molecule has 1 saturated heterocycles. The van der Waals surface area contributed by atoms with Crippen molar-refractivity contribution >= 4 is 62.5 Å². The first kappa shape index (κ1) is 19.6. The number of hydrogen-bond donors (Lipinski definition) is 1. The maximum Gasteiger partial charge on any atom is 0.410 e. The molecule has 5 nitrogen and oxygen atoms in total. The summed E-state index contributed by atoms with van der Waals surface area (Å²) in [6.45, 7) is 6.36. The number of rotatable bonds is 2. The monoisotopic (exact) mass is 435 g/mol. The third-order valence-electron chi connectivity index (χ3n) is 5.32. The Bertz CT molecular complexity index is 1250. The fourth-order valence-electron chi connectivity index (χ4n) is 3.98. The molecule has 30 heavy (non-hydrogen) atoms. The highest BCUT2D eigenvalue weighted by Crippen LogP contribution is 2.38. The number of benzene rings is 1. The summed E-state index contributed by atoms with van der Waals surface area (Å²) in [6, 6.07) is 6.19. The summed E-state index contributed by atoms with van der Waals surface area (Å²) >= 11 is 3.36. The molecule has 8 heteroatoms. The van der Waals surface area contributed by atoms with Gasteiger partial charge in [0, 0.05) is 22.2 Å². The molecule has 5 rings (SSSR count).